The summed E-state index contributed by atoms with van der Waals surface area (Å²) in [6.07, 6.45) is -0.781. The number of likely N-dealkylation sites (N-methyl/N-ethyl adjacent to an activating group) is 1. The molecule has 1 heterocycles. The molecule has 5 nitrogen and oxygen atoms in total. The van der Waals surface area contributed by atoms with Crippen LogP contribution >= 0.6 is 11.3 Å². The van der Waals surface area contributed by atoms with Gasteiger partial charge in [-0.15, -0.1) is 11.3 Å². The predicted molar refractivity (Wildman–Crippen MR) is 81.0 cm³/mol. The highest BCUT2D eigenvalue weighted by Gasteiger charge is 2.22. The fourth-order valence-electron chi connectivity index (χ4n) is 2.11. The first kappa shape index (κ1) is 15.7. The number of carbonyl (C=O) groups is 1. The Kier molecular flexibility index (Phi) is 4.76. The molecule has 1 aromatic heterocycles. The van der Waals surface area contributed by atoms with Crippen LogP contribution < -0.4 is 5.73 Å². The molecule has 0 spiro atoms. The molecule has 0 aliphatic carbocycles. The molecule has 2 rings (SSSR count). The van der Waals surface area contributed by atoms with Gasteiger partial charge in [-0.25, -0.2) is 4.39 Å². The van der Waals surface area contributed by atoms with Gasteiger partial charge in [-0.2, -0.15) is 0 Å². The van der Waals surface area contributed by atoms with Gasteiger partial charge in [-0.1, -0.05) is 6.07 Å². The van der Waals surface area contributed by atoms with Crippen molar-refractivity contribution in [2.75, 3.05) is 33.0 Å². The van der Waals surface area contributed by atoms with Gasteiger partial charge in [-0.05, 0) is 12.1 Å². The van der Waals surface area contributed by atoms with Crippen molar-refractivity contribution in [3.05, 3.63) is 28.9 Å². The minimum atomic E-state index is -0.781. The topological polar surface area (TPSA) is 75.8 Å². The second-order valence-corrected chi connectivity index (χ2v) is 5.80. The lowest BCUT2D eigenvalue weighted by atomic mass is 10.2. The van der Waals surface area contributed by atoms with Gasteiger partial charge in [0.1, 0.15) is 10.7 Å². The summed E-state index contributed by atoms with van der Waals surface area (Å²) in [5, 5.41) is 9.94. The molecule has 0 saturated carbocycles. The zero-order valence-corrected chi connectivity index (χ0v) is 12.6. The lowest BCUT2D eigenvalue weighted by Crippen LogP contribution is -2.36. The van der Waals surface area contributed by atoms with E-state index in [0.29, 0.717) is 4.70 Å². The third-order valence-corrected chi connectivity index (χ3v) is 4.24. The summed E-state index contributed by atoms with van der Waals surface area (Å²) in [6, 6.07) is 4.61. The van der Waals surface area contributed by atoms with Crippen molar-refractivity contribution in [1.29, 1.82) is 0 Å². The fraction of sp³-hybridized carbons (Fsp3) is 0.357. The minimum absolute atomic E-state index is 0.114. The quantitative estimate of drug-likeness (QED) is 0.881. The number of halogens is 1. The largest absolute Gasteiger partial charge is 0.397 e. The first-order valence-electron chi connectivity index (χ1n) is 6.34. The average Bonchev–Trinajstić information content (AvgIpc) is 2.76. The monoisotopic (exact) mass is 312 g/mol. The van der Waals surface area contributed by atoms with Crippen molar-refractivity contribution < 1.29 is 19.0 Å². The van der Waals surface area contributed by atoms with Gasteiger partial charge >= 0.3 is 0 Å². The van der Waals surface area contributed by atoms with E-state index in [1.54, 1.807) is 19.2 Å². The maximum absolute atomic E-state index is 13.8. The number of anilines is 1. The molecular formula is C14H17FN2O3S. The number of methoxy groups -OCH3 is 1. The molecule has 0 aliphatic heterocycles. The van der Waals surface area contributed by atoms with Crippen LogP contribution in [0.25, 0.3) is 10.1 Å². The Balaban J connectivity index is 2.27. The zero-order valence-electron chi connectivity index (χ0n) is 11.8. The maximum atomic E-state index is 13.8. The fourth-order valence-corrected chi connectivity index (χ4v) is 3.24. The average molecular weight is 312 g/mol. The van der Waals surface area contributed by atoms with Crippen LogP contribution in [0.4, 0.5) is 10.1 Å². The van der Waals surface area contributed by atoms with E-state index in [2.05, 4.69) is 0 Å². The number of hydrogen-bond acceptors (Lipinski definition) is 5. The molecule has 1 unspecified atom stereocenters. The van der Waals surface area contributed by atoms with Gasteiger partial charge < -0.3 is 20.5 Å². The number of nitrogen functional groups attached to an aromatic ring is 1. The van der Waals surface area contributed by atoms with Crippen molar-refractivity contribution in [2.45, 2.75) is 6.10 Å². The second kappa shape index (κ2) is 6.38. The summed E-state index contributed by atoms with van der Waals surface area (Å²) >= 11 is 1.15. The number of hydrogen-bond donors (Lipinski definition) is 2. The Morgan fingerprint density at radius 3 is 2.90 bits per heavy atom. The highest BCUT2D eigenvalue weighted by molar-refractivity contribution is 7.21. The molecule has 114 valence electrons. The van der Waals surface area contributed by atoms with Crippen LogP contribution in [0.15, 0.2) is 18.2 Å². The number of aliphatic hydroxyl groups excluding tert-OH is 1. The first-order valence-corrected chi connectivity index (χ1v) is 7.16. The molecule has 2 aromatic rings. The summed E-state index contributed by atoms with van der Waals surface area (Å²) < 4.78 is 19.2. The van der Waals surface area contributed by atoms with Gasteiger partial charge in [0.25, 0.3) is 5.91 Å². The van der Waals surface area contributed by atoms with Gasteiger partial charge in [-0.3, -0.25) is 4.79 Å². The predicted octanol–water partition coefficient (Wildman–Crippen LogP) is 1.70. The van der Waals surface area contributed by atoms with E-state index in [9.17, 15) is 14.3 Å². The number of aliphatic hydroxyl groups is 1. The van der Waals surface area contributed by atoms with Crippen LogP contribution in [0, 0.1) is 5.82 Å². The summed E-state index contributed by atoms with van der Waals surface area (Å²) in [5.74, 6) is -0.786. The van der Waals surface area contributed by atoms with E-state index in [4.69, 9.17) is 10.5 Å². The van der Waals surface area contributed by atoms with Crippen LogP contribution in [-0.2, 0) is 4.74 Å². The first-order chi connectivity index (χ1) is 9.95. The highest BCUT2D eigenvalue weighted by Crippen LogP contribution is 2.35. The standard InChI is InChI=1S/C14H17FN2O3S/c1-17(6-8(18)7-20-2)14(19)13-12(16)11-9(15)4-3-5-10(11)21-13/h3-5,8,18H,6-7,16H2,1-2H3. The van der Waals surface area contributed by atoms with Crippen molar-refractivity contribution in [3.63, 3.8) is 0 Å². The number of amides is 1. The van der Waals surface area contributed by atoms with Gasteiger partial charge in [0.15, 0.2) is 0 Å². The van der Waals surface area contributed by atoms with Gasteiger partial charge in [0, 0.05) is 25.4 Å². The molecule has 0 bridgehead atoms. The molecule has 1 aromatic carbocycles. The lowest BCUT2D eigenvalue weighted by molar-refractivity contribution is 0.0382. The third-order valence-electron chi connectivity index (χ3n) is 3.09. The van der Waals surface area contributed by atoms with E-state index < -0.39 is 11.9 Å². The van der Waals surface area contributed by atoms with E-state index in [1.807, 2.05) is 0 Å². The maximum Gasteiger partial charge on any atom is 0.265 e. The van der Waals surface area contributed by atoms with E-state index in [1.165, 1.54) is 18.1 Å². The Morgan fingerprint density at radius 2 is 2.29 bits per heavy atom. The van der Waals surface area contributed by atoms with Gasteiger partial charge in [0.2, 0.25) is 0 Å². The number of ether oxygens (including phenoxy) is 1. The molecule has 0 fully saturated rings. The molecule has 0 aliphatic rings. The van der Waals surface area contributed by atoms with Crippen molar-refractivity contribution in [2.24, 2.45) is 0 Å². The number of thiophene rings is 1. The number of nitrogens with two attached hydrogens (primary N) is 1. The molecule has 21 heavy (non-hydrogen) atoms. The van der Waals surface area contributed by atoms with E-state index in [-0.39, 0.29) is 35.0 Å². The number of carbonyl (C=O) groups excluding carboxylic acids is 1. The Bertz CT molecular complexity index is 659. The van der Waals surface area contributed by atoms with Crippen molar-refractivity contribution in [3.8, 4) is 0 Å². The molecule has 0 radical (unpaired) electrons. The summed E-state index contributed by atoms with van der Waals surface area (Å²) in [6.45, 7) is 0.247. The summed E-state index contributed by atoms with van der Waals surface area (Å²) in [5.41, 5.74) is 6.05. The molecule has 3 N–H and O–H groups in total. The Hall–Kier alpha value is -1.70. The van der Waals surface area contributed by atoms with E-state index >= 15 is 0 Å². The molecule has 0 saturated heterocycles. The normalized spacial score (nSPS) is 12.6. The summed E-state index contributed by atoms with van der Waals surface area (Å²) in [7, 11) is 3.03. The third kappa shape index (κ3) is 3.15. The highest BCUT2D eigenvalue weighted by atomic mass is 32.1. The number of rotatable bonds is 5. The van der Waals surface area contributed by atoms with Crippen LogP contribution in [-0.4, -0.2) is 49.3 Å². The minimum Gasteiger partial charge on any atom is -0.397 e. The smallest absolute Gasteiger partial charge is 0.265 e. The summed E-state index contributed by atoms with van der Waals surface area (Å²) in [4.78, 5) is 14.0. The number of benzene rings is 1. The molecule has 1 atom stereocenters. The zero-order chi connectivity index (χ0) is 15.6. The van der Waals surface area contributed by atoms with Crippen LogP contribution in [0.3, 0.4) is 0 Å². The SMILES string of the molecule is COCC(O)CN(C)C(=O)c1sc2cccc(F)c2c1N. The number of nitrogens with zero attached hydrogens (tertiary/aromatic N) is 1. The van der Waals surface area contributed by atoms with Crippen molar-refractivity contribution >= 4 is 33.0 Å². The Labute approximate surface area is 125 Å². The molecule has 7 heteroatoms. The van der Waals surface area contributed by atoms with E-state index in [0.717, 1.165) is 11.3 Å². The van der Waals surface area contributed by atoms with Crippen LogP contribution in [0.2, 0.25) is 0 Å². The van der Waals surface area contributed by atoms with Crippen LogP contribution in [0.1, 0.15) is 9.67 Å². The Morgan fingerprint density at radius 1 is 1.57 bits per heavy atom. The number of fused-ring (bicyclic) bond motifs is 1. The molecule has 1 amide bonds. The van der Waals surface area contributed by atoms with Crippen LogP contribution in [0.5, 0.6) is 0 Å². The molecular weight excluding hydrogens is 295 g/mol. The van der Waals surface area contributed by atoms with Crippen molar-refractivity contribution in [1.82, 2.24) is 4.90 Å². The lowest BCUT2D eigenvalue weighted by Gasteiger charge is -2.20. The van der Waals surface area contributed by atoms with Gasteiger partial charge in [0.05, 0.1) is 23.8 Å². The second-order valence-electron chi connectivity index (χ2n) is 4.75.